The Morgan fingerprint density at radius 1 is 1.14 bits per heavy atom. The van der Waals surface area contributed by atoms with Gasteiger partial charge in [-0.1, -0.05) is 12.1 Å². The van der Waals surface area contributed by atoms with Crippen molar-refractivity contribution < 1.29 is 0 Å². The highest BCUT2D eigenvalue weighted by molar-refractivity contribution is 5.75. The third-order valence-electron chi connectivity index (χ3n) is 3.82. The van der Waals surface area contributed by atoms with Crippen LogP contribution in [0.25, 0.3) is 11.0 Å². The van der Waals surface area contributed by atoms with Crippen molar-refractivity contribution in [1.82, 2.24) is 19.9 Å². The van der Waals surface area contributed by atoms with E-state index in [0.717, 1.165) is 24.4 Å². The zero-order valence-electron chi connectivity index (χ0n) is 12.5. The normalized spacial score (nSPS) is 12.7. The first-order valence-corrected chi connectivity index (χ1v) is 7.37. The molecule has 0 aliphatic carbocycles. The number of imidazole rings is 1. The maximum Gasteiger partial charge on any atom is 0.123 e. The Morgan fingerprint density at radius 3 is 2.67 bits per heavy atom. The summed E-state index contributed by atoms with van der Waals surface area (Å²) >= 11 is 0. The molecular weight excluding hydrogens is 260 g/mol. The van der Waals surface area contributed by atoms with Gasteiger partial charge in [0.15, 0.2) is 0 Å². The molecule has 0 aliphatic rings. The average Bonchev–Trinajstić information content (AvgIpc) is 2.91. The van der Waals surface area contributed by atoms with Gasteiger partial charge in [0, 0.05) is 25.0 Å². The quantitative estimate of drug-likeness (QED) is 0.779. The van der Waals surface area contributed by atoms with Crippen molar-refractivity contribution in [3.63, 3.8) is 0 Å². The second-order valence-corrected chi connectivity index (χ2v) is 5.14. The number of rotatable bonds is 5. The Kier molecular flexibility index (Phi) is 3.97. The van der Waals surface area contributed by atoms with Crippen molar-refractivity contribution in [3.05, 3.63) is 60.2 Å². The number of hydrogen-bond acceptors (Lipinski definition) is 3. The maximum atomic E-state index is 4.74. The molecule has 1 N–H and O–H groups in total. The predicted molar refractivity (Wildman–Crippen MR) is 84.9 cm³/mol. The minimum absolute atomic E-state index is 0.276. The Balaban J connectivity index is 1.79. The van der Waals surface area contributed by atoms with E-state index in [9.17, 15) is 0 Å². The molecule has 0 fully saturated rings. The van der Waals surface area contributed by atoms with Crippen LogP contribution in [0.3, 0.4) is 0 Å². The molecule has 3 rings (SSSR count). The lowest BCUT2D eigenvalue weighted by Crippen LogP contribution is -2.20. The zero-order valence-corrected chi connectivity index (χ0v) is 12.5. The van der Waals surface area contributed by atoms with Gasteiger partial charge in [-0.3, -0.25) is 4.98 Å². The van der Waals surface area contributed by atoms with Gasteiger partial charge in [-0.05, 0) is 43.7 Å². The molecule has 1 aromatic carbocycles. The molecule has 2 aromatic heterocycles. The van der Waals surface area contributed by atoms with Crippen LogP contribution < -0.4 is 5.32 Å². The number of aromatic nitrogens is 3. The number of benzene rings is 1. The molecule has 2 heterocycles. The number of nitrogens with zero attached hydrogens (tertiary/aromatic N) is 3. The van der Waals surface area contributed by atoms with Crippen molar-refractivity contribution in [2.75, 3.05) is 0 Å². The van der Waals surface area contributed by atoms with E-state index in [1.165, 1.54) is 11.1 Å². The molecule has 0 spiro atoms. The fourth-order valence-electron chi connectivity index (χ4n) is 2.63. The van der Waals surface area contributed by atoms with Crippen LogP contribution in [-0.4, -0.2) is 14.5 Å². The summed E-state index contributed by atoms with van der Waals surface area (Å²) in [6, 6.07) is 12.6. The molecule has 108 valence electrons. The number of nitrogens with one attached hydrogen (secondary N) is 1. The molecule has 1 unspecified atom stereocenters. The number of aryl methyl sites for hydroxylation is 1. The van der Waals surface area contributed by atoms with Crippen LogP contribution in [0.4, 0.5) is 0 Å². The van der Waals surface area contributed by atoms with Gasteiger partial charge < -0.3 is 9.88 Å². The van der Waals surface area contributed by atoms with E-state index in [1.807, 2.05) is 30.6 Å². The first-order valence-electron chi connectivity index (χ1n) is 7.37. The highest BCUT2D eigenvalue weighted by atomic mass is 15.1. The monoisotopic (exact) mass is 280 g/mol. The second kappa shape index (κ2) is 6.06. The molecule has 3 aromatic rings. The zero-order chi connectivity index (χ0) is 14.7. The van der Waals surface area contributed by atoms with Crippen molar-refractivity contribution in [1.29, 1.82) is 0 Å². The lowest BCUT2D eigenvalue weighted by molar-refractivity contribution is 0.543. The van der Waals surface area contributed by atoms with E-state index in [-0.39, 0.29) is 6.04 Å². The lowest BCUT2D eigenvalue weighted by Gasteiger charge is -2.14. The summed E-state index contributed by atoms with van der Waals surface area (Å²) in [5.74, 6) is 1.08. The summed E-state index contributed by atoms with van der Waals surface area (Å²) in [7, 11) is 0. The van der Waals surface area contributed by atoms with Crippen molar-refractivity contribution in [2.24, 2.45) is 0 Å². The Morgan fingerprint density at radius 2 is 1.90 bits per heavy atom. The second-order valence-electron chi connectivity index (χ2n) is 5.14. The highest BCUT2D eigenvalue weighted by Gasteiger charge is 2.10. The number of hydrogen-bond donors (Lipinski definition) is 1. The van der Waals surface area contributed by atoms with E-state index in [1.54, 1.807) is 0 Å². The lowest BCUT2D eigenvalue weighted by atomic mass is 10.1. The number of fused-ring (bicyclic) bond motifs is 1. The fourth-order valence-corrected chi connectivity index (χ4v) is 2.63. The summed E-state index contributed by atoms with van der Waals surface area (Å²) in [4.78, 5) is 8.80. The molecule has 0 bridgehead atoms. The molecule has 0 amide bonds. The van der Waals surface area contributed by atoms with Crippen LogP contribution in [0.15, 0.2) is 48.8 Å². The van der Waals surface area contributed by atoms with Crippen LogP contribution in [0, 0.1) is 0 Å². The SMILES string of the molecule is CCn1c(CNC(C)c2ccncc2)nc2ccccc21. The molecule has 0 saturated heterocycles. The Hall–Kier alpha value is -2.20. The molecule has 0 radical (unpaired) electrons. The van der Waals surface area contributed by atoms with Crippen molar-refractivity contribution >= 4 is 11.0 Å². The average molecular weight is 280 g/mol. The van der Waals surface area contributed by atoms with Crippen LogP contribution in [-0.2, 0) is 13.1 Å². The third-order valence-corrected chi connectivity index (χ3v) is 3.82. The van der Waals surface area contributed by atoms with E-state index in [2.05, 4.69) is 46.9 Å². The van der Waals surface area contributed by atoms with Crippen molar-refractivity contribution in [3.8, 4) is 0 Å². The molecular formula is C17H20N4. The minimum Gasteiger partial charge on any atom is -0.327 e. The Labute approximate surface area is 124 Å². The minimum atomic E-state index is 0.276. The van der Waals surface area contributed by atoms with E-state index in [0.29, 0.717) is 0 Å². The summed E-state index contributed by atoms with van der Waals surface area (Å²) in [6.45, 7) is 6.01. The van der Waals surface area contributed by atoms with Crippen LogP contribution in [0.5, 0.6) is 0 Å². The first-order chi connectivity index (χ1) is 10.3. The molecule has 4 nitrogen and oxygen atoms in total. The van der Waals surface area contributed by atoms with Gasteiger partial charge in [0.25, 0.3) is 0 Å². The summed E-state index contributed by atoms with van der Waals surface area (Å²) in [5, 5.41) is 3.54. The highest BCUT2D eigenvalue weighted by Crippen LogP contribution is 2.17. The standard InChI is InChI=1S/C17H20N4/c1-3-21-16-7-5-4-6-15(16)20-17(21)12-19-13(2)14-8-10-18-11-9-14/h4-11,13,19H,3,12H2,1-2H3. The maximum absolute atomic E-state index is 4.74. The van der Waals surface area contributed by atoms with E-state index < -0.39 is 0 Å². The molecule has 0 saturated carbocycles. The van der Waals surface area contributed by atoms with Crippen LogP contribution in [0.1, 0.15) is 31.3 Å². The molecule has 1 atom stereocenters. The van der Waals surface area contributed by atoms with Gasteiger partial charge in [-0.2, -0.15) is 0 Å². The van der Waals surface area contributed by atoms with Gasteiger partial charge in [-0.25, -0.2) is 4.98 Å². The Bertz CT molecular complexity index is 718. The molecule has 21 heavy (non-hydrogen) atoms. The van der Waals surface area contributed by atoms with Crippen LogP contribution in [0.2, 0.25) is 0 Å². The number of para-hydroxylation sites is 2. The van der Waals surface area contributed by atoms with Gasteiger partial charge in [0.05, 0.1) is 17.6 Å². The first kappa shape index (κ1) is 13.8. The molecule has 0 aliphatic heterocycles. The summed E-state index contributed by atoms with van der Waals surface area (Å²) in [6.07, 6.45) is 3.66. The summed E-state index contributed by atoms with van der Waals surface area (Å²) in [5.41, 5.74) is 3.50. The van der Waals surface area contributed by atoms with E-state index in [4.69, 9.17) is 4.98 Å². The van der Waals surface area contributed by atoms with Crippen LogP contribution >= 0.6 is 0 Å². The fraction of sp³-hybridized carbons (Fsp3) is 0.294. The topological polar surface area (TPSA) is 42.7 Å². The van der Waals surface area contributed by atoms with Gasteiger partial charge in [0.2, 0.25) is 0 Å². The summed E-state index contributed by atoms with van der Waals surface area (Å²) < 4.78 is 2.27. The third kappa shape index (κ3) is 2.81. The van der Waals surface area contributed by atoms with Gasteiger partial charge in [-0.15, -0.1) is 0 Å². The van der Waals surface area contributed by atoms with E-state index >= 15 is 0 Å². The number of pyridine rings is 1. The molecule has 4 heteroatoms. The van der Waals surface area contributed by atoms with Gasteiger partial charge >= 0.3 is 0 Å². The van der Waals surface area contributed by atoms with Crippen molar-refractivity contribution in [2.45, 2.75) is 33.0 Å². The smallest absolute Gasteiger partial charge is 0.123 e. The largest absolute Gasteiger partial charge is 0.327 e. The van der Waals surface area contributed by atoms with Gasteiger partial charge in [0.1, 0.15) is 5.82 Å². The predicted octanol–water partition coefficient (Wildman–Crippen LogP) is 3.30.